The second kappa shape index (κ2) is 7.14. The fourth-order valence-corrected chi connectivity index (χ4v) is 3.63. The van der Waals surface area contributed by atoms with Crippen LogP contribution in [0.1, 0.15) is 31.1 Å². The van der Waals surface area contributed by atoms with Gasteiger partial charge in [0.1, 0.15) is 11.3 Å². The van der Waals surface area contributed by atoms with Crippen LogP contribution in [0.4, 0.5) is 15.8 Å². The summed E-state index contributed by atoms with van der Waals surface area (Å²) in [5.74, 6) is -1.68. The number of hydrogen-bond donors (Lipinski definition) is 1. The highest BCUT2D eigenvalue weighted by atomic mass is 19.1. The van der Waals surface area contributed by atoms with Crippen molar-refractivity contribution in [2.75, 3.05) is 10.2 Å². The number of rotatable bonds is 3. The quantitative estimate of drug-likeness (QED) is 0.506. The van der Waals surface area contributed by atoms with E-state index in [2.05, 4.69) is 10.3 Å². The average Bonchev–Trinajstić information content (AvgIpc) is 3.05. The van der Waals surface area contributed by atoms with Gasteiger partial charge in [-0.05, 0) is 48.5 Å². The van der Waals surface area contributed by atoms with E-state index in [0.717, 1.165) is 4.90 Å². The number of pyridine rings is 1. The summed E-state index contributed by atoms with van der Waals surface area (Å²) < 4.78 is 13.9. The number of nitrogens with one attached hydrogen (secondary N) is 1. The molecular weight excluding hydrogens is 397 g/mol. The Morgan fingerprint density at radius 1 is 0.839 bits per heavy atom. The van der Waals surface area contributed by atoms with Crippen molar-refractivity contribution in [3.63, 3.8) is 0 Å². The summed E-state index contributed by atoms with van der Waals surface area (Å²) in [5, 5.41) is 3.24. The highest BCUT2D eigenvalue weighted by Gasteiger charge is 2.36. The van der Waals surface area contributed by atoms with Crippen LogP contribution in [0.2, 0.25) is 0 Å². The molecule has 3 aromatic carbocycles. The number of carbonyl (C=O) groups is 3. The van der Waals surface area contributed by atoms with E-state index in [-0.39, 0.29) is 5.52 Å². The summed E-state index contributed by atoms with van der Waals surface area (Å²) >= 11 is 0. The molecule has 0 fully saturated rings. The lowest BCUT2D eigenvalue weighted by Gasteiger charge is -2.14. The molecule has 0 radical (unpaired) electrons. The molecule has 0 saturated carbocycles. The Hall–Kier alpha value is -4.39. The van der Waals surface area contributed by atoms with Crippen molar-refractivity contribution in [3.05, 3.63) is 102 Å². The molecule has 0 spiro atoms. The van der Waals surface area contributed by atoms with Gasteiger partial charge in [-0.1, -0.05) is 24.3 Å². The molecule has 2 heterocycles. The normalized spacial score (nSPS) is 12.9. The third-order valence-electron chi connectivity index (χ3n) is 5.15. The summed E-state index contributed by atoms with van der Waals surface area (Å²) in [4.78, 5) is 43.0. The lowest BCUT2D eigenvalue weighted by atomic mass is 10.1. The van der Waals surface area contributed by atoms with Crippen molar-refractivity contribution in [1.82, 2.24) is 4.98 Å². The molecule has 7 heteroatoms. The van der Waals surface area contributed by atoms with Gasteiger partial charge in [-0.25, -0.2) is 9.29 Å². The molecule has 0 bridgehead atoms. The maximum Gasteiger partial charge on any atom is 0.266 e. The van der Waals surface area contributed by atoms with Gasteiger partial charge in [-0.3, -0.25) is 19.4 Å². The van der Waals surface area contributed by atoms with E-state index in [9.17, 15) is 18.8 Å². The van der Waals surface area contributed by atoms with Crippen molar-refractivity contribution in [2.45, 2.75) is 0 Å². The summed E-state index contributed by atoms with van der Waals surface area (Å²) in [6.45, 7) is 0. The fraction of sp³-hybridized carbons (Fsp3) is 0. The first kappa shape index (κ1) is 18.6. The van der Waals surface area contributed by atoms with Crippen molar-refractivity contribution in [3.8, 4) is 0 Å². The number of imide groups is 1. The van der Waals surface area contributed by atoms with E-state index in [0.29, 0.717) is 33.5 Å². The van der Waals surface area contributed by atoms with Crippen LogP contribution in [-0.4, -0.2) is 22.7 Å². The fourth-order valence-electron chi connectivity index (χ4n) is 3.63. The number of halogens is 1. The number of anilines is 2. The molecule has 31 heavy (non-hydrogen) atoms. The summed E-state index contributed by atoms with van der Waals surface area (Å²) in [6, 6.07) is 18.9. The van der Waals surface area contributed by atoms with Crippen LogP contribution >= 0.6 is 0 Å². The Labute approximate surface area is 175 Å². The van der Waals surface area contributed by atoms with Gasteiger partial charge >= 0.3 is 0 Å². The Kier molecular flexibility index (Phi) is 4.29. The molecule has 4 aromatic rings. The van der Waals surface area contributed by atoms with Gasteiger partial charge in [-0.15, -0.1) is 0 Å². The summed E-state index contributed by atoms with van der Waals surface area (Å²) in [7, 11) is 0. The van der Waals surface area contributed by atoms with Gasteiger partial charge in [-0.2, -0.15) is 0 Å². The highest BCUT2D eigenvalue weighted by Crippen LogP contribution is 2.29. The molecule has 0 saturated heterocycles. The van der Waals surface area contributed by atoms with E-state index >= 15 is 0 Å². The number of carbonyl (C=O) groups excluding carboxylic acids is 3. The van der Waals surface area contributed by atoms with Crippen LogP contribution in [-0.2, 0) is 0 Å². The smallest absolute Gasteiger partial charge is 0.266 e. The SMILES string of the molecule is O=C(Nc1ccnc2c(F)cccc12)c1ccc(N2C(=O)c3ccccc3C2=O)cc1. The van der Waals surface area contributed by atoms with Crippen LogP contribution < -0.4 is 10.2 Å². The van der Waals surface area contributed by atoms with Gasteiger partial charge < -0.3 is 5.32 Å². The number of benzene rings is 3. The largest absolute Gasteiger partial charge is 0.321 e. The van der Waals surface area contributed by atoms with Gasteiger partial charge in [0.2, 0.25) is 0 Å². The Morgan fingerprint density at radius 2 is 1.52 bits per heavy atom. The van der Waals surface area contributed by atoms with Crippen LogP contribution in [0.25, 0.3) is 10.9 Å². The molecule has 1 aliphatic heterocycles. The number of nitrogens with zero attached hydrogens (tertiary/aromatic N) is 2. The van der Waals surface area contributed by atoms with Gasteiger partial charge in [0.15, 0.2) is 0 Å². The van der Waals surface area contributed by atoms with E-state index < -0.39 is 23.5 Å². The van der Waals surface area contributed by atoms with Crippen molar-refractivity contribution in [1.29, 1.82) is 0 Å². The van der Waals surface area contributed by atoms with Gasteiger partial charge in [0.25, 0.3) is 17.7 Å². The molecule has 5 rings (SSSR count). The highest BCUT2D eigenvalue weighted by molar-refractivity contribution is 6.34. The first-order valence-electron chi connectivity index (χ1n) is 9.47. The molecule has 6 nitrogen and oxygen atoms in total. The molecule has 1 aromatic heterocycles. The lowest BCUT2D eigenvalue weighted by molar-refractivity contribution is 0.0925. The van der Waals surface area contributed by atoms with E-state index in [1.807, 2.05) is 0 Å². The minimum Gasteiger partial charge on any atom is -0.321 e. The zero-order valence-corrected chi connectivity index (χ0v) is 16.0. The predicted molar refractivity (Wildman–Crippen MR) is 114 cm³/mol. The minimum absolute atomic E-state index is 0.168. The molecule has 0 unspecified atom stereocenters. The second-order valence-electron chi connectivity index (χ2n) is 6.99. The first-order valence-corrected chi connectivity index (χ1v) is 9.47. The van der Waals surface area contributed by atoms with E-state index in [1.165, 1.54) is 24.4 Å². The minimum atomic E-state index is -0.473. The molecule has 1 N–H and O–H groups in total. The van der Waals surface area contributed by atoms with E-state index in [1.54, 1.807) is 54.6 Å². The second-order valence-corrected chi connectivity index (χ2v) is 6.99. The molecule has 1 aliphatic rings. The van der Waals surface area contributed by atoms with Crippen molar-refractivity contribution >= 4 is 40.0 Å². The molecule has 150 valence electrons. The maximum atomic E-state index is 13.9. The molecule has 0 atom stereocenters. The van der Waals surface area contributed by atoms with Crippen LogP contribution in [0.3, 0.4) is 0 Å². The number of aromatic nitrogens is 1. The number of hydrogen-bond acceptors (Lipinski definition) is 4. The zero-order chi connectivity index (χ0) is 21.5. The zero-order valence-electron chi connectivity index (χ0n) is 16.0. The van der Waals surface area contributed by atoms with Crippen molar-refractivity contribution < 1.29 is 18.8 Å². The first-order chi connectivity index (χ1) is 15.0. The third kappa shape index (κ3) is 3.03. The van der Waals surface area contributed by atoms with Gasteiger partial charge in [0, 0.05) is 17.1 Å². The molecule has 0 aliphatic carbocycles. The van der Waals surface area contributed by atoms with Crippen molar-refractivity contribution in [2.24, 2.45) is 0 Å². The average molecular weight is 411 g/mol. The Bertz CT molecular complexity index is 1350. The topological polar surface area (TPSA) is 79.4 Å². The maximum absolute atomic E-state index is 13.9. The number of fused-ring (bicyclic) bond motifs is 2. The monoisotopic (exact) mass is 411 g/mol. The van der Waals surface area contributed by atoms with Crippen LogP contribution in [0.5, 0.6) is 0 Å². The predicted octanol–water partition coefficient (Wildman–Crippen LogP) is 4.43. The summed E-state index contributed by atoms with van der Waals surface area (Å²) in [6.07, 6.45) is 1.42. The standard InChI is InChI=1S/C24H14FN3O3/c25-19-7-3-6-18-20(12-13-26-21(18)19)27-22(29)14-8-10-15(11-9-14)28-23(30)16-4-1-2-5-17(16)24(28)31/h1-13H,(H,26,27,29). The van der Waals surface area contributed by atoms with Crippen LogP contribution in [0, 0.1) is 5.82 Å². The third-order valence-corrected chi connectivity index (χ3v) is 5.15. The van der Waals surface area contributed by atoms with Gasteiger partial charge in [0.05, 0.1) is 22.5 Å². The molecule has 3 amide bonds. The Morgan fingerprint density at radius 3 is 2.19 bits per heavy atom. The Balaban J connectivity index is 1.40. The van der Waals surface area contributed by atoms with E-state index in [4.69, 9.17) is 0 Å². The lowest BCUT2D eigenvalue weighted by Crippen LogP contribution is -2.29. The van der Waals surface area contributed by atoms with Crippen LogP contribution in [0.15, 0.2) is 79.0 Å². The number of para-hydroxylation sites is 1. The summed E-state index contributed by atoms with van der Waals surface area (Å²) in [5.41, 5.74) is 2.00. The number of amides is 3. The molecular formula is C24H14FN3O3.